The van der Waals surface area contributed by atoms with Crippen molar-refractivity contribution in [1.29, 1.82) is 0 Å². The van der Waals surface area contributed by atoms with Gasteiger partial charge in [0.2, 0.25) is 5.91 Å². The Morgan fingerprint density at radius 3 is 2.30 bits per heavy atom. The van der Waals surface area contributed by atoms with Crippen molar-refractivity contribution in [3.8, 4) is 0 Å². The first-order valence-corrected chi connectivity index (χ1v) is 7.86. The van der Waals surface area contributed by atoms with Gasteiger partial charge >= 0.3 is 0 Å². The van der Waals surface area contributed by atoms with Gasteiger partial charge in [0.15, 0.2) is 0 Å². The monoisotopic (exact) mass is 314 g/mol. The average molecular weight is 314 g/mol. The smallest absolute Gasteiger partial charge is 0.225 e. The number of hydrogen-bond acceptors (Lipinski definition) is 2. The standard InChI is InChI=1S/C19H23FN2O/c1-14-11-15(2)13-18(12-14)22-19(23)8-10-21-9-7-16-3-5-17(20)6-4-16/h3-6,11-13,21H,7-10H2,1-2H3,(H,22,23). The summed E-state index contributed by atoms with van der Waals surface area (Å²) in [5.41, 5.74) is 4.20. The van der Waals surface area contributed by atoms with Gasteiger partial charge < -0.3 is 10.6 Å². The zero-order valence-corrected chi connectivity index (χ0v) is 13.7. The number of aryl methyl sites for hydroxylation is 2. The number of anilines is 1. The molecule has 3 nitrogen and oxygen atoms in total. The minimum Gasteiger partial charge on any atom is -0.326 e. The maximum absolute atomic E-state index is 12.8. The Bertz CT molecular complexity index is 633. The van der Waals surface area contributed by atoms with Crippen molar-refractivity contribution < 1.29 is 9.18 Å². The molecular formula is C19H23FN2O. The Kier molecular flexibility index (Phi) is 6.29. The van der Waals surface area contributed by atoms with Gasteiger partial charge in [-0.2, -0.15) is 0 Å². The summed E-state index contributed by atoms with van der Waals surface area (Å²) in [6.45, 7) is 5.42. The van der Waals surface area contributed by atoms with Crippen LogP contribution in [-0.4, -0.2) is 19.0 Å². The summed E-state index contributed by atoms with van der Waals surface area (Å²) in [6, 6.07) is 12.5. The Morgan fingerprint density at radius 2 is 1.65 bits per heavy atom. The summed E-state index contributed by atoms with van der Waals surface area (Å²) in [4.78, 5) is 11.9. The fourth-order valence-electron chi connectivity index (χ4n) is 2.48. The molecule has 0 bridgehead atoms. The summed E-state index contributed by atoms with van der Waals surface area (Å²) < 4.78 is 12.8. The van der Waals surface area contributed by atoms with Crippen molar-refractivity contribution in [3.05, 3.63) is 65.0 Å². The fourth-order valence-corrected chi connectivity index (χ4v) is 2.48. The quantitative estimate of drug-likeness (QED) is 0.767. The molecule has 2 rings (SSSR count). The van der Waals surface area contributed by atoms with Gasteiger partial charge in [-0.1, -0.05) is 18.2 Å². The molecule has 0 atom stereocenters. The van der Waals surface area contributed by atoms with Crippen LogP contribution >= 0.6 is 0 Å². The van der Waals surface area contributed by atoms with Crippen LogP contribution in [0.1, 0.15) is 23.1 Å². The highest BCUT2D eigenvalue weighted by molar-refractivity contribution is 5.91. The van der Waals surface area contributed by atoms with Gasteiger partial charge in [0.25, 0.3) is 0 Å². The van der Waals surface area contributed by atoms with Gasteiger partial charge in [-0.3, -0.25) is 4.79 Å². The van der Waals surface area contributed by atoms with Crippen molar-refractivity contribution in [2.24, 2.45) is 0 Å². The molecule has 0 aromatic heterocycles. The van der Waals surface area contributed by atoms with Crippen LogP contribution in [0.5, 0.6) is 0 Å². The molecule has 4 heteroatoms. The summed E-state index contributed by atoms with van der Waals surface area (Å²) in [5, 5.41) is 6.15. The molecule has 0 aliphatic carbocycles. The third-order valence-electron chi connectivity index (χ3n) is 3.54. The number of benzene rings is 2. The van der Waals surface area contributed by atoms with E-state index < -0.39 is 0 Å². The van der Waals surface area contributed by atoms with Gasteiger partial charge in [0, 0.05) is 18.7 Å². The van der Waals surface area contributed by atoms with Crippen LogP contribution in [0.25, 0.3) is 0 Å². The van der Waals surface area contributed by atoms with Gasteiger partial charge in [-0.05, 0) is 67.8 Å². The Balaban J connectivity index is 1.65. The minimum atomic E-state index is -0.218. The van der Waals surface area contributed by atoms with E-state index in [1.165, 1.54) is 12.1 Å². The summed E-state index contributed by atoms with van der Waals surface area (Å²) in [5.74, 6) is -0.214. The summed E-state index contributed by atoms with van der Waals surface area (Å²) in [6.07, 6.45) is 1.25. The molecule has 0 heterocycles. The van der Waals surface area contributed by atoms with Crippen LogP contribution in [0.3, 0.4) is 0 Å². The minimum absolute atomic E-state index is 0.00396. The molecule has 122 valence electrons. The van der Waals surface area contributed by atoms with E-state index in [0.717, 1.165) is 35.3 Å². The lowest BCUT2D eigenvalue weighted by Crippen LogP contribution is -2.23. The second-order valence-corrected chi connectivity index (χ2v) is 5.80. The summed E-state index contributed by atoms with van der Waals surface area (Å²) in [7, 11) is 0. The van der Waals surface area contributed by atoms with E-state index in [4.69, 9.17) is 0 Å². The predicted molar refractivity (Wildman–Crippen MR) is 92.1 cm³/mol. The number of halogens is 1. The third kappa shape index (κ3) is 6.20. The number of carbonyl (C=O) groups is 1. The highest BCUT2D eigenvalue weighted by Gasteiger charge is 2.03. The normalized spacial score (nSPS) is 10.6. The van der Waals surface area contributed by atoms with E-state index in [0.29, 0.717) is 13.0 Å². The van der Waals surface area contributed by atoms with Crippen molar-refractivity contribution in [2.75, 3.05) is 18.4 Å². The van der Waals surface area contributed by atoms with Crippen molar-refractivity contribution >= 4 is 11.6 Å². The van der Waals surface area contributed by atoms with Gasteiger partial charge in [0.1, 0.15) is 5.82 Å². The van der Waals surface area contributed by atoms with E-state index in [2.05, 4.69) is 16.7 Å². The number of rotatable bonds is 7. The lowest BCUT2D eigenvalue weighted by atomic mass is 10.1. The Hall–Kier alpha value is -2.20. The summed E-state index contributed by atoms with van der Waals surface area (Å²) >= 11 is 0. The molecule has 0 saturated heterocycles. The van der Waals surface area contributed by atoms with Crippen LogP contribution in [0, 0.1) is 19.7 Å². The molecule has 2 aromatic rings. The molecule has 0 aliphatic rings. The predicted octanol–water partition coefficient (Wildman–Crippen LogP) is 3.60. The van der Waals surface area contributed by atoms with Gasteiger partial charge in [-0.25, -0.2) is 4.39 Å². The van der Waals surface area contributed by atoms with E-state index in [9.17, 15) is 9.18 Å². The Morgan fingerprint density at radius 1 is 1.00 bits per heavy atom. The molecule has 0 radical (unpaired) electrons. The second-order valence-electron chi connectivity index (χ2n) is 5.80. The molecule has 0 aliphatic heterocycles. The molecule has 0 saturated carbocycles. The first kappa shape index (κ1) is 17.2. The van der Waals surface area contributed by atoms with E-state index >= 15 is 0 Å². The maximum Gasteiger partial charge on any atom is 0.225 e. The van der Waals surface area contributed by atoms with Crippen LogP contribution < -0.4 is 10.6 Å². The van der Waals surface area contributed by atoms with E-state index in [1.807, 2.05) is 26.0 Å². The number of hydrogen-bond donors (Lipinski definition) is 2. The van der Waals surface area contributed by atoms with Gasteiger partial charge in [-0.15, -0.1) is 0 Å². The first-order valence-electron chi connectivity index (χ1n) is 7.86. The molecular weight excluding hydrogens is 291 g/mol. The van der Waals surface area contributed by atoms with Gasteiger partial charge in [0.05, 0.1) is 0 Å². The van der Waals surface area contributed by atoms with Crippen molar-refractivity contribution in [2.45, 2.75) is 26.7 Å². The van der Waals surface area contributed by atoms with E-state index in [1.54, 1.807) is 12.1 Å². The third-order valence-corrected chi connectivity index (χ3v) is 3.54. The number of carbonyl (C=O) groups excluding carboxylic acids is 1. The SMILES string of the molecule is Cc1cc(C)cc(NC(=O)CCNCCc2ccc(F)cc2)c1. The second kappa shape index (κ2) is 8.44. The number of nitrogens with one attached hydrogen (secondary N) is 2. The van der Waals surface area contributed by atoms with Crippen LogP contribution in [-0.2, 0) is 11.2 Å². The molecule has 1 amide bonds. The molecule has 2 aromatic carbocycles. The molecule has 0 spiro atoms. The molecule has 2 N–H and O–H groups in total. The van der Waals surface area contributed by atoms with Crippen LogP contribution in [0.4, 0.5) is 10.1 Å². The fraction of sp³-hybridized carbons (Fsp3) is 0.316. The van der Waals surface area contributed by atoms with E-state index in [-0.39, 0.29) is 11.7 Å². The zero-order chi connectivity index (χ0) is 16.7. The average Bonchev–Trinajstić information content (AvgIpc) is 2.47. The molecule has 0 fully saturated rings. The maximum atomic E-state index is 12.8. The largest absolute Gasteiger partial charge is 0.326 e. The van der Waals surface area contributed by atoms with Crippen molar-refractivity contribution in [3.63, 3.8) is 0 Å². The lowest BCUT2D eigenvalue weighted by molar-refractivity contribution is -0.116. The molecule has 0 unspecified atom stereocenters. The topological polar surface area (TPSA) is 41.1 Å². The highest BCUT2D eigenvalue weighted by atomic mass is 19.1. The first-order chi connectivity index (χ1) is 11.0. The lowest BCUT2D eigenvalue weighted by Gasteiger charge is -2.08. The molecule has 23 heavy (non-hydrogen) atoms. The van der Waals surface area contributed by atoms with Crippen LogP contribution in [0.15, 0.2) is 42.5 Å². The Labute approximate surface area is 136 Å². The van der Waals surface area contributed by atoms with Crippen molar-refractivity contribution in [1.82, 2.24) is 5.32 Å². The zero-order valence-electron chi connectivity index (χ0n) is 13.7. The van der Waals surface area contributed by atoms with Crippen LogP contribution in [0.2, 0.25) is 0 Å². The number of amides is 1. The highest BCUT2D eigenvalue weighted by Crippen LogP contribution is 2.13.